The lowest BCUT2D eigenvalue weighted by Gasteiger charge is -2.24. The zero-order chi connectivity index (χ0) is 33.4. The summed E-state index contributed by atoms with van der Waals surface area (Å²) in [6.45, 7) is 4.24. The molecule has 0 aliphatic heterocycles. The highest BCUT2D eigenvalue weighted by atomic mass is 16.5. The molecular formula is C32H33N5O9. The average Bonchev–Trinajstić information content (AvgIpc) is 3.47. The maximum atomic E-state index is 13.3. The molecule has 0 bridgehead atoms. The number of benzene rings is 2. The number of aliphatic carboxylic acids is 1. The number of ether oxygens (including phenoxy) is 2. The van der Waals surface area contributed by atoms with Crippen LogP contribution in [0.15, 0.2) is 59.3 Å². The van der Waals surface area contributed by atoms with Gasteiger partial charge in [0.1, 0.15) is 17.8 Å². The summed E-state index contributed by atoms with van der Waals surface area (Å²) in [4.78, 5) is 71.9. The maximum Gasteiger partial charge on any atom is 0.340 e. The molecule has 0 saturated carbocycles. The number of carbonyl (C=O) groups is 5. The van der Waals surface area contributed by atoms with E-state index >= 15 is 0 Å². The molecular weight excluding hydrogens is 598 g/mol. The number of aromatic nitrogens is 3. The molecule has 14 nitrogen and oxygen atoms in total. The van der Waals surface area contributed by atoms with Gasteiger partial charge in [0.25, 0.3) is 5.89 Å². The third kappa shape index (κ3) is 8.49. The predicted molar refractivity (Wildman–Crippen MR) is 163 cm³/mol. The first-order valence-electron chi connectivity index (χ1n) is 14.3. The van der Waals surface area contributed by atoms with Crippen molar-refractivity contribution >= 4 is 40.4 Å². The van der Waals surface area contributed by atoms with E-state index < -0.39 is 60.6 Å². The van der Waals surface area contributed by atoms with E-state index in [1.54, 1.807) is 69.3 Å². The number of hydrogen-bond acceptors (Lipinski definition) is 11. The molecule has 0 unspecified atom stereocenters. The number of carbonyl (C=O) groups excluding carboxylic acids is 4. The zero-order valence-electron chi connectivity index (χ0n) is 25.6. The summed E-state index contributed by atoms with van der Waals surface area (Å²) in [6, 6.07) is 11.0. The van der Waals surface area contributed by atoms with Gasteiger partial charge in [-0.2, -0.15) is 4.98 Å². The van der Waals surface area contributed by atoms with Crippen LogP contribution in [-0.4, -0.2) is 75.6 Å². The standard InChI is InChI=1S/C32H33N5O9/c1-17(2)29(36-27(39)13-21-12-20(9-10-26(21)44-4)31-34-18(3)37-46-31)30(42)35-24(14-28(40)41)25(38)16-45-32(43)22-11-19-7-5-6-8-23(19)33-15-22/h5-12,15,17,24,29H,13-14,16H2,1-4H3,(H,35,42)(H,36,39)(H,40,41)/t24-,29-/m0/s1. The van der Waals surface area contributed by atoms with E-state index in [2.05, 4.69) is 25.8 Å². The van der Waals surface area contributed by atoms with Gasteiger partial charge in [0.05, 0.1) is 31.0 Å². The van der Waals surface area contributed by atoms with Crippen LogP contribution < -0.4 is 15.4 Å². The first kappa shape index (κ1) is 33.2. The first-order chi connectivity index (χ1) is 21.9. The number of amides is 2. The summed E-state index contributed by atoms with van der Waals surface area (Å²) in [5, 5.41) is 18.9. The molecule has 46 heavy (non-hydrogen) atoms. The molecule has 240 valence electrons. The number of nitrogens with zero attached hydrogens (tertiary/aromatic N) is 3. The van der Waals surface area contributed by atoms with Crippen molar-refractivity contribution in [2.24, 2.45) is 5.92 Å². The Labute approximate surface area is 263 Å². The molecule has 0 aliphatic carbocycles. The normalized spacial score (nSPS) is 12.3. The quantitative estimate of drug-likeness (QED) is 0.172. The monoisotopic (exact) mass is 631 g/mol. The van der Waals surface area contributed by atoms with Gasteiger partial charge < -0.3 is 29.7 Å². The van der Waals surface area contributed by atoms with Crippen LogP contribution in [0.5, 0.6) is 5.75 Å². The lowest BCUT2D eigenvalue weighted by atomic mass is 10.0. The molecule has 2 aromatic heterocycles. The number of esters is 1. The number of nitrogens with one attached hydrogen (secondary N) is 2. The Kier molecular flexibility index (Phi) is 10.8. The van der Waals surface area contributed by atoms with E-state index in [0.717, 1.165) is 0 Å². The number of carboxylic acid groups (broad SMARTS) is 1. The van der Waals surface area contributed by atoms with Gasteiger partial charge in [0, 0.05) is 22.7 Å². The Morgan fingerprint density at radius 2 is 1.78 bits per heavy atom. The minimum Gasteiger partial charge on any atom is -0.496 e. The van der Waals surface area contributed by atoms with E-state index in [1.807, 2.05) is 0 Å². The molecule has 0 radical (unpaired) electrons. The molecule has 2 heterocycles. The van der Waals surface area contributed by atoms with E-state index in [0.29, 0.717) is 33.6 Å². The molecule has 0 spiro atoms. The lowest BCUT2D eigenvalue weighted by Crippen LogP contribution is -2.54. The van der Waals surface area contributed by atoms with Crippen LogP contribution in [0.2, 0.25) is 0 Å². The highest BCUT2D eigenvalue weighted by molar-refractivity contribution is 5.98. The minimum atomic E-state index is -1.53. The van der Waals surface area contributed by atoms with Crippen molar-refractivity contribution in [2.45, 2.75) is 45.7 Å². The molecule has 4 aromatic rings. The summed E-state index contributed by atoms with van der Waals surface area (Å²) >= 11 is 0. The highest BCUT2D eigenvalue weighted by Gasteiger charge is 2.31. The number of fused-ring (bicyclic) bond motifs is 1. The van der Waals surface area contributed by atoms with Gasteiger partial charge in [0.15, 0.2) is 18.2 Å². The Morgan fingerprint density at radius 3 is 2.46 bits per heavy atom. The van der Waals surface area contributed by atoms with Crippen molar-refractivity contribution in [1.29, 1.82) is 0 Å². The van der Waals surface area contributed by atoms with Crippen LogP contribution in [0.3, 0.4) is 0 Å². The van der Waals surface area contributed by atoms with Gasteiger partial charge in [-0.25, -0.2) is 4.79 Å². The Balaban J connectivity index is 1.41. The van der Waals surface area contributed by atoms with Crippen LogP contribution in [0.1, 0.15) is 42.0 Å². The van der Waals surface area contributed by atoms with Crippen molar-refractivity contribution in [2.75, 3.05) is 13.7 Å². The number of carboxylic acids is 1. The topological polar surface area (TPSA) is 200 Å². The van der Waals surface area contributed by atoms with Gasteiger partial charge in [-0.1, -0.05) is 37.2 Å². The molecule has 4 rings (SSSR count). The van der Waals surface area contributed by atoms with E-state index in [4.69, 9.17) is 14.0 Å². The van der Waals surface area contributed by atoms with Crippen LogP contribution >= 0.6 is 0 Å². The number of para-hydroxylation sites is 1. The fourth-order valence-electron chi connectivity index (χ4n) is 4.58. The lowest BCUT2D eigenvalue weighted by molar-refractivity contribution is -0.141. The summed E-state index contributed by atoms with van der Waals surface area (Å²) < 4.78 is 15.7. The largest absolute Gasteiger partial charge is 0.496 e. The van der Waals surface area contributed by atoms with Crippen molar-refractivity contribution in [3.8, 4) is 17.2 Å². The van der Waals surface area contributed by atoms with Crippen LogP contribution in [0.4, 0.5) is 0 Å². The molecule has 0 saturated heterocycles. The number of methoxy groups -OCH3 is 1. The predicted octanol–water partition coefficient (Wildman–Crippen LogP) is 2.67. The SMILES string of the molecule is COc1ccc(-c2nc(C)no2)cc1CC(=O)N[C@H](C(=O)N[C@@H](CC(=O)O)C(=O)COC(=O)c1cnc2ccccc2c1)C(C)C. The molecule has 3 N–H and O–H groups in total. The third-order valence-electron chi connectivity index (χ3n) is 6.93. The number of aryl methyl sites for hydroxylation is 1. The maximum absolute atomic E-state index is 13.3. The number of hydrogen-bond donors (Lipinski definition) is 3. The van der Waals surface area contributed by atoms with Gasteiger partial charge in [-0.15, -0.1) is 0 Å². The van der Waals surface area contributed by atoms with Crippen molar-refractivity contribution < 1.29 is 43.1 Å². The average molecular weight is 632 g/mol. The number of rotatable bonds is 14. The number of Topliss-reactive ketones (excluding diaryl/α,β-unsaturated/α-hetero) is 1. The van der Waals surface area contributed by atoms with E-state index in [1.165, 1.54) is 13.3 Å². The Bertz CT molecular complexity index is 1770. The fraction of sp³-hybridized carbons (Fsp3) is 0.312. The van der Waals surface area contributed by atoms with Crippen LogP contribution in [0, 0.1) is 12.8 Å². The minimum absolute atomic E-state index is 0.0993. The molecule has 0 fully saturated rings. The second kappa shape index (κ2) is 14.9. The summed E-state index contributed by atoms with van der Waals surface area (Å²) in [5.74, 6) is -3.69. The Morgan fingerprint density at radius 1 is 1.02 bits per heavy atom. The van der Waals surface area contributed by atoms with Gasteiger partial charge >= 0.3 is 11.9 Å². The van der Waals surface area contributed by atoms with E-state index in [-0.39, 0.29) is 17.9 Å². The molecule has 2 atom stereocenters. The third-order valence-corrected chi connectivity index (χ3v) is 6.93. The highest BCUT2D eigenvalue weighted by Crippen LogP contribution is 2.26. The molecule has 2 amide bonds. The summed E-state index contributed by atoms with van der Waals surface area (Å²) in [7, 11) is 1.45. The second-order valence-electron chi connectivity index (χ2n) is 10.8. The molecule has 0 aliphatic rings. The van der Waals surface area contributed by atoms with Crippen molar-refractivity contribution in [1.82, 2.24) is 25.8 Å². The molecule has 2 aromatic carbocycles. The van der Waals surface area contributed by atoms with Crippen LogP contribution in [0.25, 0.3) is 22.4 Å². The summed E-state index contributed by atoms with van der Waals surface area (Å²) in [6.07, 6.45) is 0.356. The van der Waals surface area contributed by atoms with Crippen LogP contribution in [-0.2, 0) is 30.3 Å². The first-order valence-corrected chi connectivity index (χ1v) is 14.3. The zero-order valence-corrected chi connectivity index (χ0v) is 25.6. The van der Waals surface area contributed by atoms with E-state index in [9.17, 15) is 29.1 Å². The molecule has 14 heteroatoms. The smallest absolute Gasteiger partial charge is 0.340 e. The van der Waals surface area contributed by atoms with Gasteiger partial charge in [-0.3, -0.25) is 24.2 Å². The Hall–Kier alpha value is -5.66. The number of ketones is 1. The fourth-order valence-corrected chi connectivity index (χ4v) is 4.58. The van der Waals surface area contributed by atoms with Crippen molar-refractivity contribution in [3.63, 3.8) is 0 Å². The van der Waals surface area contributed by atoms with Crippen molar-refractivity contribution in [3.05, 3.63) is 71.7 Å². The summed E-state index contributed by atoms with van der Waals surface area (Å²) in [5.41, 5.74) is 1.81. The second-order valence-corrected chi connectivity index (χ2v) is 10.8. The number of pyridine rings is 1. The van der Waals surface area contributed by atoms with Gasteiger partial charge in [-0.05, 0) is 43.2 Å². The van der Waals surface area contributed by atoms with Gasteiger partial charge in [0.2, 0.25) is 11.8 Å².